The van der Waals surface area contributed by atoms with E-state index >= 15 is 0 Å². The number of nitrogens with one attached hydrogen (secondary N) is 1. The predicted octanol–water partition coefficient (Wildman–Crippen LogP) is 3.50. The maximum Gasteiger partial charge on any atom is 0.195 e. The Kier molecular flexibility index (Phi) is 2.97. The number of para-hydroxylation sites is 1. The summed E-state index contributed by atoms with van der Waals surface area (Å²) in [6, 6.07) is 8.90. The van der Waals surface area contributed by atoms with Crippen LogP contribution in [0.3, 0.4) is 0 Å². The summed E-state index contributed by atoms with van der Waals surface area (Å²) in [7, 11) is 0. The van der Waals surface area contributed by atoms with E-state index in [0.29, 0.717) is 6.54 Å². The molecule has 102 valence electrons. The van der Waals surface area contributed by atoms with E-state index in [1.54, 1.807) is 12.1 Å². The van der Waals surface area contributed by atoms with E-state index in [9.17, 15) is 18.0 Å². The summed E-state index contributed by atoms with van der Waals surface area (Å²) in [5.41, 5.74) is 1.11. The Hall–Kier alpha value is -2.30. The number of Topliss-reactive ketones (excluding diaryl/α,β-unsaturated/α-hetero) is 1. The molecule has 0 aliphatic carbocycles. The van der Waals surface area contributed by atoms with Crippen molar-refractivity contribution in [3.8, 4) is 0 Å². The van der Waals surface area contributed by atoms with Crippen molar-refractivity contribution in [2.24, 2.45) is 0 Å². The maximum atomic E-state index is 13.7. The lowest BCUT2D eigenvalue weighted by Gasteiger charge is -2.10. The van der Waals surface area contributed by atoms with Crippen LogP contribution in [0.15, 0.2) is 36.4 Å². The molecule has 2 aromatic rings. The van der Waals surface area contributed by atoms with Crippen molar-refractivity contribution in [1.29, 1.82) is 0 Å². The van der Waals surface area contributed by atoms with Gasteiger partial charge in [0.05, 0.1) is 11.5 Å². The van der Waals surface area contributed by atoms with Crippen LogP contribution in [0.1, 0.15) is 21.8 Å². The lowest BCUT2D eigenvalue weighted by molar-refractivity contribution is 0.0961. The second kappa shape index (κ2) is 4.67. The molecular weight excluding hydrogens is 267 g/mol. The first kappa shape index (κ1) is 12.7. The van der Waals surface area contributed by atoms with Crippen LogP contribution < -0.4 is 5.32 Å². The van der Waals surface area contributed by atoms with Crippen LogP contribution in [0.2, 0.25) is 0 Å². The van der Waals surface area contributed by atoms with E-state index in [1.807, 2.05) is 12.1 Å². The fraction of sp³-hybridized carbons (Fsp3) is 0.133. The molecule has 5 heteroatoms. The van der Waals surface area contributed by atoms with Gasteiger partial charge < -0.3 is 5.32 Å². The molecule has 0 spiro atoms. The van der Waals surface area contributed by atoms with Crippen LogP contribution in [0.4, 0.5) is 18.9 Å². The molecule has 3 rings (SSSR count). The summed E-state index contributed by atoms with van der Waals surface area (Å²) in [6.45, 7) is 0.316. The topological polar surface area (TPSA) is 29.1 Å². The normalized spacial score (nSPS) is 16.6. The van der Waals surface area contributed by atoms with Gasteiger partial charge in [-0.3, -0.25) is 4.79 Å². The van der Waals surface area contributed by atoms with Gasteiger partial charge in [-0.25, -0.2) is 13.2 Å². The second-order valence-electron chi connectivity index (χ2n) is 4.61. The minimum atomic E-state index is -1.62. The molecule has 0 saturated carbocycles. The fourth-order valence-corrected chi connectivity index (χ4v) is 2.42. The first-order valence-electron chi connectivity index (χ1n) is 6.10. The molecule has 20 heavy (non-hydrogen) atoms. The number of halogens is 3. The molecule has 2 nitrogen and oxygen atoms in total. The van der Waals surface area contributed by atoms with Crippen LogP contribution in [-0.2, 0) is 0 Å². The molecular formula is C15H10F3NO. The minimum Gasteiger partial charge on any atom is -0.384 e. The van der Waals surface area contributed by atoms with Gasteiger partial charge in [0.1, 0.15) is 0 Å². The van der Waals surface area contributed by atoms with Crippen LogP contribution in [0.25, 0.3) is 0 Å². The van der Waals surface area contributed by atoms with E-state index in [-0.39, 0.29) is 0 Å². The first-order valence-corrected chi connectivity index (χ1v) is 6.10. The van der Waals surface area contributed by atoms with E-state index in [4.69, 9.17) is 0 Å². The summed E-state index contributed by atoms with van der Waals surface area (Å²) in [6.07, 6.45) is 0. The molecule has 0 radical (unpaired) electrons. The molecule has 1 aliphatic heterocycles. The Labute approximate surface area is 113 Å². The van der Waals surface area contributed by atoms with Gasteiger partial charge >= 0.3 is 0 Å². The third-order valence-electron chi connectivity index (χ3n) is 3.45. The molecule has 0 bridgehead atoms. The van der Waals surface area contributed by atoms with Crippen LogP contribution in [0, 0.1) is 17.5 Å². The third-order valence-corrected chi connectivity index (χ3v) is 3.45. The first-order chi connectivity index (χ1) is 9.59. The monoisotopic (exact) mass is 277 g/mol. The SMILES string of the molecule is O=C(c1ccc(F)c(F)c1F)C1CNc2ccccc21. The Morgan fingerprint density at radius 2 is 1.80 bits per heavy atom. The average molecular weight is 277 g/mol. The number of ketones is 1. The average Bonchev–Trinajstić information content (AvgIpc) is 2.88. The number of hydrogen-bond donors (Lipinski definition) is 1. The minimum absolute atomic E-state index is 0.316. The van der Waals surface area contributed by atoms with E-state index in [0.717, 1.165) is 23.4 Å². The van der Waals surface area contributed by atoms with Crippen molar-refractivity contribution >= 4 is 11.5 Å². The molecule has 0 aromatic heterocycles. The molecule has 1 heterocycles. The Morgan fingerprint density at radius 1 is 1.05 bits per heavy atom. The molecule has 0 saturated heterocycles. The molecule has 1 unspecified atom stereocenters. The van der Waals surface area contributed by atoms with E-state index in [2.05, 4.69) is 5.32 Å². The lowest BCUT2D eigenvalue weighted by atomic mass is 9.92. The van der Waals surface area contributed by atoms with Crippen molar-refractivity contribution in [2.75, 3.05) is 11.9 Å². The van der Waals surface area contributed by atoms with Gasteiger partial charge in [-0.1, -0.05) is 18.2 Å². The molecule has 0 amide bonds. The summed E-state index contributed by atoms with van der Waals surface area (Å²) in [5, 5.41) is 3.04. The van der Waals surface area contributed by atoms with Crippen LogP contribution in [-0.4, -0.2) is 12.3 Å². The zero-order valence-corrected chi connectivity index (χ0v) is 10.3. The summed E-state index contributed by atoms with van der Waals surface area (Å²) < 4.78 is 39.8. The Balaban J connectivity index is 2.01. The summed E-state index contributed by atoms with van der Waals surface area (Å²) in [5.74, 6) is -5.50. The van der Waals surface area contributed by atoms with Crippen LogP contribution in [0.5, 0.6) is 0 Å². The maximum absolute atomic E-state index is 13.7. The molecule has 1 N–H and O–H groups in total. The fourth-order valence-electron chi connectivity index (χ4n) is 2.42. The van der Waals surface area contributed by atoms with Crippen molar-refractivity contribution in [3.05, 3.63) is 65.0 Å². The highest BCUT2D eigenvalue weighted by molar-refractivity contribution is 6.03. The second-order valence-corrected chi connectivity index (χ2v) is 4.61. The Morgan fingerprint density at radius 3 is 2.60 bits per heavy atom. The number of benzene rings is 2. The van der Waals surface area contributed by atoms with Gasteiger partial charge in [-0.05, 0) is 23.8 Å². The summed E-state index contributed by atoms with van der Waals surface area (Å²) in [4.78, 5) is 12.3. The third kappa shape index (κ3) is 1.86. The smallest absolute Gasteiger partial charge is 0.195 e. The van der Waals surface area contributed by atoms with Crippen molar-refractivity contribution in [2.45, 2.75) is 5.92 Å². The highest BCUT2D eigenvalue weighted by atomic mass is 19.2. The summed E-state index contributed by atoms with van der Waals surface area (Å²) >= 11 is 0. The number of rotatable bonds is 2. The molecule has 1 atom stereocenters. The quantitative estimate of drug-likeness (QED) is 0.672. The van der Waals surface area contributed by atoms with Gasteiger partial charge in [-0.2, -0.15) is 0 Å². The number of carbonyl (C=O) groups is 1. The molecule has 2 aromatic carbocycles. The highest BCUT2D eigenvalue weighted by Gasteiger charge is 2.31. The number of carbonyl (C=O) groups excluding carboxylic acids is 1. The van der Waals surface area contributed by atoms with Crippen LogP contribution >= 0.6 is 0 Å². The number of fused-ring (bicyclic) bond motifs is 1. The largest absolute Gasteiger partial charge is 0.384 e. The Bertz CT molecular complexity index is 700. The van der Waals surface area contributed by atoms with Gasteiger partial charge in [0.25, 0.3) is 0 Å². The predicted molar refractivity (Wildman–Crippen MR) is 68.3 cm³/mol. The van der Waals surface area contributed by atoms with Crippen molar-refractivity contribution in [3.63, 3.8) is 0 Å². The highest BCUT2D eigenvalue weighted by Crippen LogP contribution is 2.34. The van der Waals surface area contributed by atoms with Crippen molar-refractivity contribution < 1.29 is 18.0 Å². The van der Waals surface area contributed by atoms with Gasteiger partial charge in [0.2, 0.25) is 0 Å². The van der Waals surface area contributed by atoms with E-state index < -0.39 is 34.7 Å². The van der Waals surface area contributed by atoms with E-state index in [1.165, 1.54) is 0 Å². The number of hydrogen-bond acceptors (Lipinski definition) is 2. The standard InChI is InChI=1S/C15H10F3NO/c16-11-6-5-9(13(17)14(11)18)15(20)10-7-19-12-4-2-1-3-8(10)12/h1-6,10,19H,7H2. The zero-order chi connectivity index (χ0) is 14.3. The molecule has 1 aliphatic rings. The lowest BCUT2D eigenvalue weighted by Crippen LogP contribution is -2.17. The van der Waals surface area contributed by atoms with Gasteiger partial charge in [-0.15, -0.1) is 0 Å². The van der Waals surface area contributed by atoms with Crippen molar-refractivity contribution in [1.82, 2.24) is 0 Å². The van der Waals surface area contributed by atoms with Gasteiger partial charge in [0.15, 0.2) is 23.2 Å². The number of anilines is 1. The van der Waals surface area contributed by atoms with Gasteiger partial charge in [0, 0.05) is 12.2 Å². The molecule has 0 fully saturated rings. The zero-order valence-electron chi connectivity index (χ0n) is 10.3.